The number of rotatable bonds is 0. The molecule has 2 nitrogen and oxygen atoms in total. The molecule has 13 heavy (non-hydrogen) atoms. The van der Waals surface area contributed by atoms with Gasteiger partial charge in [-0.1, -0.05) is 0 Å². The van der Waals surface area contributed by atoms with Crippen molar-refractivity contribution < 1.29 is 0 Å². The van der Waals surface area contributed by atoms with Gasteiger partial charge in [-0.15, -0.1) is 31.1 Å². The van der Waals surface area contributed by atoms with E-state index in [9.17, 15) is 0 Å². The minimum atomic E-state index is 0.194. The topological polar surface area (TPSA) is 29.3 Å². The monoisotopic (exact) mass is 250 g/mol. The van der Waals surface area contributed by atoms with Gasteiger partial charge in [-0.25, -0.2) is 0 Å². The molecule has 0 saturated carbocycles. The van der Waals surface area contributed by atoms with Crippen molar-refractivity contribution in [1.82, 2.24) is 4.90 Å². The summed E-state index contributed by atoms with van der Waals surface area (Å²) in [6.07, 6.45) is 0. The fourth-order valence-corrected chi connectivity index (χ4v) is 0. The molecule has 0 bridgehead atoms. The normalized spacial score (nSPS) is 7.38. The lowest BCUT2D eigenvalue weighted by molar-refractivity contribution is 0.505. The molecule has 0 aromatic heterocycles. The molecule has 0 fully saturated rings. The molecule has 0 unspecified atom stereocenters. The van der Waals surface area contributed by atoms with Crippen LogP contribution in [0.15, 0.2) is 0 Å². The highest BCUT2D eigenvalue weighted by Crippen LogP contribution is 2.14. The first-order valence-electron chi connectivity index (χ1n) is 3.80. The van der Waals surface area contributed by atoms with Crippen LogP contribution >= 0.6 is 31.1 Å². The van der Waals surface area contributed by atoms with E-state index in [1.54, 1.807) is 0 Å². The lowest BCUT2D eigenvalue weighted by atomic mass is 11.0. The molecule has 0 spiro atoms. The molecule has 86 valence electrons. The number of nitrogens with zero attached hydrogens (tertiary/aromatic N) is 1. The molecule has 0 aliphatic rings. The standard InChI is InChI=1S/C3H9N.C3H9P.CH2Cl2.CH5N/c2*1-4(2)3;2-1-3;1-2/h2*1-3H3;1H2;2H2,1H3. The summed E-state index contributed by atoms with van der Waals surface area (Å²) < 4.78 is 0. The molecule has 5 heteroatoms. The Morgan fingerprint density at radius 1 is 1.00 bits per heavy atom. The summed E-state index contributed by atoms with van der Waals surface area (Å²) in [6, 6.07) is 0. The van der Waals surface area contributed by atoms with Gasteiger partial charge in [0.2, 0.25) is 0 Å². The second-order valence-corrected chi connectivity index (χ2v) is 6.28. The van der Waals surface area contributed by atoms with Crippen LogP contribution in [0.25, 0.3) is 0 Å². The molecule has 0 aliphatic carbocycles. The molecule has 2 N–H and O–H groups in total. The second-order valence-electron chi connectivity index (χ2n) is 2.78. The van der Waals surface area contributed by atoms with E-state index >= 15 is 0 Å². The van der Waals surface area contributed by atoms with E-state index in [0.717, 1.165) is 0 Å². The first-order valence-corrected chi connectivity index (χ1v) is 7.55. The molecule has 0 heterocycles. The molecule has 0 aromatic carbocycles. The Balaban J connectivity index is -0.0000000431. The van der Waals surface area contributed by atoms with Gasteiger partial charge in [0, 0.05) is 0 Å². The van der Waals surface area contributed by atoms with Crippen LogP contribution in [0.3, 0.4) is 0 Å². The van der Waals surface area contributed by atoms with Crippen LogP contribution in [-0.4, -0.2) is 58.4 Å². The molecule has 0 atom stereocenters. The largest absolute Gasteiger partial charge is 0.333 e. The molecule has 0 amide bonds. The van der Waals surface area contributed by atoms with Crippen LogP contribution in [0.5, 0.6) is 0 Å². The van der Waals surface area contributed by atoms with E-state index in [4.69, 9.17) is 23.2 Å². The van der Waals surface area contributed by atoms with Gasteiger partial charge in [-0.05, 0) is 48.2 Å². The van der Waals surface area contributed by atoms with Gasteiger partial charge < -0.3 is 10.6 Å². The van der Waals surface area contributed by atoms with E-state index in [2.05, 4.69) is 25.7 Å². The van der Waals surface area contributed by atoms with Gasteiger partial charge in [0.05, 0.1) is 5.34 Å². The smallest absolute Gasteiger partial charge is 0.0967 e. The van der Waals surface area contributed by atoms with E-state index < -0.39 is 0 Å². The van der Waals surface area contributed by atoms with Crippen molar-refractivity contribution in [2.24, 2.45) is 5.73 Å². The first kappa shape index (κ1) is 23.6. The Bertz CT molecular complexity index is 43.9. The number of nitrogens with two attached hydrogens (primary N) is 1. The highest BCUT2D eigenvalue weighted by molar-refractivity contribution is 7.55. The Kier molecular flexibility index (Phi) is 53.2. The molecule has 0 aliphatic heterocycles. The number of hydrogen-bond donors (Lipinski definition) is 1. The first-order chi connectivity index (χ1) is 5.88. The van der Waals surface area contributed by atoms with Gasteiger partial charge in [0.25, 0.3) is 0 Å². The summed E-state index contributed by atoms with van der Waals surface area (Å²) in [6.45, 7) is 6.69. The molecule has 0 rings (SSSR count). The number of halogens is 2. The Morgan fingerprint density at radius 3 is 1.00 bits per heavy atom. The zero-order valence-electron chi connectivity index (χ0n) is 9.93. The summed E-state index contributed by atoms with van der Waals surface area (Å²) in [4.78, 5) is 2.00. The third-order valence-electron chi connectivity index (χ3n) is 0. The summed E-state index contributed by atoms with van der Waals surface area (Å²) in [5.74, 6) is 0. The van der Waals surface area contributed by atoms with Gasteiger partial charge in [-0.3, -0.25) is 0 Å². The minimum absolute atomic E-state index is 0.194. The SMILES string of the molecule is CN.CN(C)C.CP(C)C.ClCCl. The predicted octanol–water partition coefficient (Wildman–Crippen LogP) is 2.53. The predicted molar refractivity (Wildman–Crippen MR) is 71.0 cm³/mol. The van der Waals surface area contributed by atoms with Crippen LogP contribution < -0.4 is 5.73 Å². The highest BCUT2D eigenvalue weighted by atomic mass is 35.5. The van der Waals surface area contributed by atoms with Crippen LogP contribution in [0.2, 0.25) is 0 Å². The Hall–Kier alpha value is 0.930. The fraction of sp³-hybridized carbons (Fsp3) is 1.00. The van der Waals surface area contributed by atoms with Gasteiger partial charge in [0.15, 0.2) is 0 Å². The van der Waals surface area contributed by atoms with Gasteiger partial charge >= 0.3 is 0 Å². The summed E-state index contributed by atoms with van der Waals surface area (Å²) in [7, 11) is 7.88. The molecular formula is C8H25Cl2N2P. The zero-order valence-corrected chi connectivity index (χ0v) is 12.3. The van der Waals surface area contributed by atoms with E-state index in [1.807, 2.05) is 26.0 Å². The van der Waals surface area contributed by atoms with Crippen molar-refractivity contribution in [1.29, 1.82) is 0 Å². The van der Waals surface area contributed by atoms with Gasteiger partial charge in [-0.2, -0.15) is 0 Å². The van der Waals surface area contributed by atoms with Crippen LogP contribution in [0.4, 0.5) is 0 Å². The maximum absolute atomic E-state index is 4.76. The highest BCUT2D eigenvalue weighted by Gasteiger charge is 1.65. The van der Waals surface area contributed by atoms with Crippen LogP contribution in [0, 0.1) is 0 Å². The molecule has 0 radical (unpaired) electrons. The average Bonchev–Trinajstić information content (AvgIpc) is 1.89. The van der Waals surface area contributed by atoms with Crippen molar-refractivity contribution in [3.63, 3.8) is 0 Å². The second kappa shape index (κ2) is 29.3. The third-order valence-corrected chi connectivity index (χ3v) is 0. The summed E-state index contributed by atoms with van der Waals surface area (Å²) >= 11 is 9.53. The third kappa shape index (κ3) is 1790. The molecular weight excluding hydrogens is 226 g/mol. The van der Waals surface area contributed by atoms with E-state index in [0.29, 0.717) is 7.92 Å². The minimum Gasteiger partial charge on any atom is -0.333 e. The van der Waals surface area contributed by atoms with Crippen molar-refractivity contribution in [3.05, 3.63) is 0 Å². The van der Waals surface area contributed by atoms with Crippen LogP contribution in [0.1, 0.15) is 0 Å². The number of hydrogen-bond acceptors (Lipinski definition) is 2. The molecule has 0 aromatic rings. The van der Waals surface area contributed by atoms with Crippen molar-refractivity contribution in [3.8, 4) is 0 Å². The Labute approximate surface area is 95.5 Å². The summed E-state index contributed by atoms with van der Waals surface area (Å²) in [5.41, 5.74) is 4.50. The zero-order chi connectivity index (χ0) is 11.9. The van der Waals surface area contributed by atoms with Crippen molar-refractivity contribution >= 4 is 31.1 Å². The van der Waals surface area contributed by atoms with Crippen molar-refractivity contribution in [2.45, 2.75) is 0 Å². The number of alkyl halides is 2. The van der Waals surface area contributed by atoms with E-state index in [1.165, 1.54) is 7.05 Å². The van der Waals surface area contributed by atoms with Crippen LogP contribution in [-0.2, 0) is 0 Å². The van der Waals surface area contributed by atoms with Gasteiger partial charge in [0.1, 0.15) is 0 Å². The summed E-state index contributed by atoms with van der Waals surface area (Å²) in [5, 5.41) is 0.194. The lowest BCUT2D eigenvalue weighted by Gasteiger charge is -1.90. The maximum atomic E-state index is 4.76. The quantitative estimate of drug-likeness (QED) is 0.529. The fourth-order valence-electron chi connectivity index (χ4n) is 0. The van der Waals surface area contributed by atoms with E-state index in [-0.39, 0.29) is 5.34 Å². The Morgan fingerprint density at radius 2 is 1.00 bits per heavy atom. The maximum Gasteiger partial charge on any atom is 0.0967 e. The average molecular weight is 251 g/mol. The lowest BCUT2D eigenvalue weighted by Crippen LogP contribution is -1.99. The molecule has 0 saturated heterocycles. The van der Waals surface area contributed by atoms with Crippen molar-refractivity contribution in [2.75, 3.05) is 53.5 Å².